The maximum absolute atomic E-state index is 10.4. The lowest BCUT2D eigenvalue weighted by Crippen LogP contribution is -1.98. The molecule has 5 heteroatoms. The predicted octanol–water partition coefficient (Wildman–Crippen LogP) is 3.08. The molecular formula is C10H10BrIO3. The zero-order valence-corrected chi connectivity index (χ0v) is 11.8. The van der Waals surface area contributed by atoms with Crippen LogP contribution in [0.1, 0.15) is 12.0 Å². The number of aryl methyl sites for hydroxylation is 1. The molecule has 0 heterocycles. The first-order chi connectivity index (χ1) is 7.04. The van der Waals surface area contributed by atoms with Gasteiger partial charge in [0.2, 0.25) is 0 Å². The number of benzene rings is 1. The number of hydrogen-bond donors (Lipinski definition) is 1. The second-order valence-corrected chi connectivity index (χ2v) is 5.00. The van der Waals surface area contributed by atoms with Crippen molar-refractivity contribution >= 4 is 44.5 Å². The summed E-state index contributed by atoms with van der Waals surface area (Å²) >= 11 is 5.55. The summed E-state index contributed by atoms with van der Waals surface area (Å²) in [5, 5.41) is 8.58. The first-order valence-electron chi connectivity index (χ1n) is 4.28. The SMILES string of the molecule is COc1c(Br)cc(CCC(=O)O)cc1I. The smallest absolute Gasteiger partial charge is 0.303 e. The summed E-state index contributed by atoms with van der Waals surface area (Å²) in [6, 6.07) is 3.83. The Kier molecular flexibility index (Phi) is 4.85. The first-order valence-corrected chi connectivity index (χ1v) is 6.15. The van der Waals surface area contributed by atoms with Crippen molar-refractivity contribution < 1.29 is 14.6 Å². The van der Waals surface area contributed by atoms with E-state index in [1.165, 1.54) is 0 Å². The Hall–Kier alpha value is -0.300. The maximum atomic E-state index is 10.4. The topological polar surface area (TPSA) is 46.5 Å². The van der Waals surface area contributed by atoms with Crippen molar-refractivity contribution in [1.82, 2.24) is 0 Å². The molecule has 15 heavy (non-hydrogen) atoms. The molecular weight excluding hydrogens is 375 g/mol. The number of halogens is 2. The largest absolute Gasteiger partial charge is 0.494 e. The maximum Gasteiger partial charge on any atom is 0.303 e. The fourth-order valence-corrected chi connectivity index (χ4v) is 3.15. The summed E-state index contributed by atoms with van der Waals surface area (Å²) in [6.07, 6.45) is 0.683. The fraction of sp³-hybridized carbons (Fsp3) is 0.300. The average Bonchev–Trinajstić information content (AvgIpc) is 2.14. The van der Waals surface area contributed by atoms with E-state index in [1.807, 2.05) is 12.1 Å². The van der Waals surface area contributed by atoms with Crippen molar-refractivity contribution in [2.24, 2.45) is 0 Å². The summed E-state index contributed by atoms with van der Waals surface area (Å²) in [5.41, 5.74) is 0.995. The van der Waals surface area contributed by atoms with Gasteiger partial charge >= 0.3 is 5.97 Å². The van der Waals surface area contributed by atoms with Crippen molar-refractivity contribution in [2.45, 2.75) is 12.8 Å². The number of methoxy groups -OCH3 is 1. The van der Waals surface area contributed by atoms with E-state index >= 15 is 0 Å². The van der Waals surface area contributed by atoms with Crippen LogP contribution in [0.3, 0.4) is 0 Å². The lowest BCUT2D eigenvalue weighted by molar-refractivity contribution is -0.136. The summed E-state index contributed by atoms with van der Waals surface area (Å²) in [6.45, 7) is 0. The first kappa shape index (κ1) is 12.8. The molecule has 1 rings (SSSR count). The molecule has 1 aromatic carbocycles. The van der Waals surface area contributed by atoms with Gasteiger partial charge in [-0.2, -0.15) is 0 Å². The monoisotopic (exact) mass is 384 g/mol. The minimum Gasteiger partial charge on any atom is -0.494 e. The molecule has 1 aromatic rings. The van der Waals surface area contributed by atoms with Gasteiger partial charge in [0.15, 0.2) is 0 Å². The minimum absolute atomic E-state index is 0.148. The highest BCUT2D eigenvalue weighted by atomic mass is 127. The molecule has 0 saturated carbocycles. The zero-order valence-electron chi connectivity index (χ0n) is 8.09. The third-order valence-electron chi connectivity index (χ3n) is 1.89. The zero-order chi connectivity index (χ0) is 11.4. The molecule has 0 aliphatic heterocycles. The van der Waals surface area contributed by atoms with Crippen molar-refractivity contribution in [3.05, 3.63) is 25.7 Å². The van der Waals surface area contributed by atoms with E-state index in [9.17, 15) is 4.79 Å². The van der Waals surface area contributed by atoms with Gasteiger partial charge in [0.1, 0.15) is 5.75 Å². The molecule has 0 saturated heterocycles. The summed E-state index contributed by atoms with van der Waals surface area (Å²) in [5.74, 6) is 0.00613. The number of carboxylic acids is 1. The second-order valence-electron chi connectivity index (χ2n) is 2.99. The Morgan fingerprint density at radius 3 is 2.73 bits per heavy atom. The molecule has 0 aromatic heterocycles. The highest BCUT2D eigenvalue weighted by Crippen LogP contribution is 2.31. The lowest BCUT2D eigenvalue weighted by Gasteiger charge is -2.08. The van der Waals surface area contributed by atoms with E-state index in [0.717, 1.165) is 19.4 Å². The van der Waals surface area contributed by atoms with E-state index in [1.54, 1.807) is 7.11 Å². The molecule has 0 aliphatic carbocycles. The Morgan fingerprint density at radius 2 is 2.27 bits per heavy atom. The van der Waals surface area contributed by atoms with Crippen LogP contribution in [0.15, 0.2) is 16.6 Å². The third-order valence-corrected chi connectivity index (χ3v) is 3.28. The fourth-order valence-electron chi connectivity index (χ4n) is 1.20. The molecule has 0 atom stereocenters. The van der Waals surface area contributed by atoms with E-state index in [0.29, 0.717) is 6.42 Å². The van der Waals surface area contributed by atoms with Crippen LogP contribution in [0.4, 0.5) is 0 Å². The molecule has 0 unspecified atom stereocenters. The number of hydrogen-bond acceptors (Lipinski definition) is 2. The standard InChI is InChI=1S/C10H10BrIO3/c1-15-10-7(11)4-6(5-8(10)12)2-3-9(13)14/h4-5H,2-3H2,1H3,(H,13,14). The quantitative estimate of drug-likeness (QED) is 0.811. The van der Waals surface area contributed by atoms with Crippen molar-refractivity contribution in [3.8, 4) is 5.75 Å². The number of aliphatic carboxylic acids is 1. The Labute approximate surface area is 110 Å². The van der Waals surface area contributed by atoms with Crippen molar-refractivity contribution in [3.63, 3.8) is 0 Å². The van der Waals surface area contributed by atoms with Crippen molar-refractivity contribution in [1.29, 1.82) is 0 Å². The highest BCUT2D eigenvalue weighted by Gasteiger charge is 2.08. The number of carbonyl (C=O) groups is 1. The van der Waals surface area contributed by atoms with Crippen LogP contribution >= 0.6 is 38.5 Å². The molecule has 0 bridgehead atoms. The van der Waals surface area contributed by atoms with Gasteiger partial charge in [-0.3, -0.25) is 4.79 Å². The van der Waals surface area contributed by atoms with E-state index in [4.69, 9.17) is 9.84 Å². The lowest BCUT2D eigenvalue weighted by atomic mass is 10.1. The van der Waals surface area contributed by atoms with E-state index in [-0.39, 0.29) is 6.42 Å². The van der Waals surface area contributed by atoms with Crippen LogP contribution in [0, 0.1) is 3.57 Å². The molecule has 0 aliphatic rings. The van der Waals surface area contributed by atoms with Gasteiger partial charge in [-0.1, -0.05) is 0 Å². The predicted molar refractivity (Wildman–Crippen MR) is 69.4 cm³/mol. The van der Waals surface area contributed by atoms with Crippen LogP contribution in [0.2, 0.25) is 0 Å². The molecule has 0 radical (unpaired) electrons. The molecule has 1 N–H and O–H groups in total. The van der Waals surface area contributed by atoms with Crippen LogP contribution in [-0.2, 0) is 11.2 Å². The van der Waals surface area contributed by atoms with Crippen LogP contribution in [0.25, 0.3) is 0 Å². The van der Waals surface area contributed by atoms with Gasteiger partial charge < -0.3 is 9.84 Å². The normalized spacial score (nSPS) is 10.1. The average molecular weight is 385 g/mol. The molecule has 82 valence electrons. The molecule has 0 fully saturated rings. The summed E-state index contributed by atoms with van der Waals surface area (Å²) in [4.78, 5) is 10.4. The minimum atomic E-state index is -0.781. The number of carboxylic acid groups (broad SMARTS) is 1. The van der Waals surface area contributed by atoms with E-state index in [2.05, 4.69) is 38.5 Å². The van der Waals surface area contributed by atoms with Crippen LogP contribution < -0.4 is 4.74 Å². The van der Waals surface area contributed by atoms with Gasteiger partial charge in [0, 0.05) is 6.42 Å². The molecule has 0 spiro atoms. The van der Waals surface area contributed by atoms with Crippen LogP contribution in [0.5, 0.6) is 5.75 Å². The Balaban J connectivity index is 2.88. The summed E-state index contributed by atoms with van der Waals surface area (Å²) in [7, 11) is 1.61. The summed E-state index contributed by atoms with van der Waals surface area (Å²) < 4.78 is 7.02. The van der Waals surface area contributed by atoms with Gasteiger partial charge in [-0.15, -0.1) is 0 Å². The molecule has 3 nitrogen and oxygen atoms in total. The number of rotatable bonds is 4. The molecule has 0 amide bonds. The van der Waals surface area contributed by atoms with Crippen molar-refractivity contribution in [2.75, 3.05) is 7.11 Å². The van der Waals surface area contributed by atoms with Crippen LogP contribution in [-0.4, -0.2) is 18.2 Å². The Bertz CT molecular complexity index is 356. The van der Waals surface area contributed by atoms with Gasteiger partial charge in [0.25, 0.3) is 0 Å². The van der Waals surface area contributed by atoms with E-state index < -0.39 is 5.97 Å². The van der Waals surface area contributed by atoms with Gasteiger partial charge in [-0.05, 0) is 62.6 Å². The van der Waals surface area contributed by atoms with Gasteiger partial charge in [0.05, 0.1) is 15.2 Å². The third kappa shape index (κ3) is 3.64. The Morgan fingerprint density at radius 1 is 1.60 bits per heavy atom. The second kappa shape index (κ2) is 5.69. The van der Waals surface area contributed by atoms with Gasteiger partial charge in [-0.25, -0.2) is 0 Å². The number of ether oxygens (including phenoxy) is 1. The highest BCUT2D eigenvalue weighted by molar-refractivity contribution is 14.1.